The zero-order valence-corrected chi connectivity index (χ0v) is 13.4. The van der Waals surface area contributed by atoms with Crippen LogP contribution in [0.25, 0.3) is 0 Å². The van der Waals surface area contributed by atoms with Crippen LogP contribution in [-0.2, 0) is 0 Å². The first-order chi connectivity index (χ1) is 12.1. The zero-order chi connectivity index (χ0) is 17.6. The van der Waals surface area contributed by atoms with E-state index >= 15 is 0 Å². The molecule has 0 fully saturated rings. The number of anilines is 4. The lowest BCUT2D eigenvalue weighted by atomic mass is 10.3. The average Bonchev–Trinajstić information content (AvgIpc) is 2.64. The first kappa shape index (κ1) is 16.1. The van der Waals surface area contributed by atoms with E-state index < -0.39 is 0 Å². The molecule has 3 aromatic rings. The fourth-order valence-electron chi connectivity index (χ4n) is 2.01. The van der Waals surface area contributed by atoms with Crippen molar-refractivity contribution in [2.45, 2.75) is 6.92 Å². The quantitative estimate of drug-likeness (QED) is 0.517. The molecular formula is C16H16N8O. The fourth-order valence-corrected chi connectivity index (χ4v) is 2.01. The molecule has 25 heavy (non-hydrogen) atoms. The highest BCUT2D eigenvalue weighted by molar-refractivity contribution is 5.94. The molecule has 0 saturated carbocycles. The summed E-state index contributed by atoms with van der Waals surface area (Å²) in [5, 5.41) is 3.05. The van der Waals surface area contributed by atoms with Gasteiger partial charge >= 0.3 is 0 Å². The van der Waals surface area contributed by atoms with Gasteiger partial charge in [0.2, 0.25) is 0 Å². The lowest BCUT2D eigenvalue weighted by Gasteiger charge is -2.13. The van der Waals surface area contributed by atoms with Crippen molar-refractivity contribution in [3.8, 4) is 0 Å². The van der Waals surface area contributed by atoms with Gasteiger partial charge in [-0.25, -0.2) is 15.0 Å². The molecule has 0 unspecified atom stereocenters. The van der Waals surface area contributed by atoms with Crippen LogP contribution >= 0.6 is 0 Å². The van der Waals surface area contributed by atoms with Gasteiger partial charge in [-0.05, 0) is 30.7 Å². The van der Waals surface area contributed by atoms with E-state index in [-0.39, 0.29) is 17.4 Å². The first-order valence-corrected chi connectivity index (χ1v) is 7.40. The number of nitrogens with one attached hydrogen (secondary N) is 3. The third kappa shape index (κ3) is 3.78. The largest absolute Gasteiger partial charge is 0.393 e. The maximum Gasteiger partial charge on any atom is 0.271 e. The second-order valence-electron chi connectivity index (χ2n) is 5.10. The van der Waals surface area contributed by atoms with Gasteiger partial charge in [0.25, 0.3) is 5.91 Å². The summed E-state index contributed by atoms with van der Waals surface area (Å²) in [6.07, 6.45) is 6.04. The molecule has 0 radical (unpaired) electrons. The molecule has 0 aliphatic carbocycles. The number of carbonyl (C=O) groups excluding carboxylic acids is 1. The number of pyridine rings is 2. The number of carbonyl (C=O) groups is 1. The van der Waals surface area contributed by atoms with Gasteiger partial charge < -0.3 is 11.1 Å². The second kappa shape index (κ2) is 7.21. The van der Waals surface area contributed by atoms with E-state index in [4.69, 9.17) is 5.73 Å². The van der Waals surface area contributed by atoms with Crippen LogP contribution in [0.15, 0.2) is 49.2 Å². The van der Waals surface area contributed by atoms with E-state index in [1.165, 1.54) is 12.5 Å². The third-order valence-corrected chi connectivity index (χ3v) is 3.35. The van der Waals surface area contributed by atoms with E-state index in [1.54, 1.807) is 24.5 Å². The Bertz CT molecular complexity index is 884. The molecule has 126 valence electrons. The SMILES string of the molecule is Cc1cccnc1Nc1ncnc(NNC(=O)c2cccnc2)c1N. The Kier molecular flexibility index (Phi) is 4.65. The molecule has 5 N–H and O–H groups in total. The summed E-state index contributed by atoms with van der Waals surface area (Å²) in [4.78, 5) is 28.3. The molecule has 0 aliphatic rings. The highest BCUT2D eigenvalue weighted by Crippen LogP contribution is 2.25. The summed E-state index contributed by atoms with van der Waals surface area (Å²) in [6, 6.07) is 7.07. The predicted molar refractivity (Wildman–Crippen MR) is 94.0 cm³/mol. The van der Waals surface area contributed by atoms with E-state index in [1.807, 2.05) is 19.1 Å². The minimum Gasteiger partial charge on any atom is -0.393 e. The van der Waals surface area contributed by atoms with Gasteiger partial charge in [-0.2, -0.15) is 0 Å². The Labute approximate surface area is 143 Å². The average molecular weight is 336 g/mol. The van der Waals surface area contributed by atoms with Gasteiger partial charge in [-0.3, -0.25) is 20.6 Å². The highest BCUT2D eigenvalue weighted by Gasteiger charge is 2.11. The van der Waals surface area contributed by atoms with Gasteiger partial charge in [0.15, 0.2) is 11.6 Å². The Hall–Kier alpha value is -3.75. The summed E-state index contributed by atoms with van der Waals surface area (Å²) in [5.74, 6) is 0.928. The van der Waals surface area contributed by atoms with Crippen molar-refractivity contribution in [3.05, 3.63) is 60.3 Å². The van der Waals surface area contributed by atoms with E-state index in [9.17, 15) is 4.79 Å². The fraction of sp³-hybridized carbons (Fsp3) is 0.0625. The van der Waals surface area contributed by atoms with Gasteiger partial charge in [0, 0.05) is 18.6 Å². The highest BCUT2D eigenvalue weighted by atomic mass is 16.2. The molecule has 0 atom stereocenters. The van der Waals surface area contributed by atoms with Crippen molar-refractivity contribution in [1.82, 2.24) is 25.4 Å². The topological polar surface area (TPSA) is 131 Å². The summed E-state index contributed by atoms with van der Waals surface area (Å²) in [7, 11) is 0. The molecule has 3 rings (SSSR count). The number of hydrogen-bond acceptors (Lipinski definition) is 8. The summed E-state index contributed by atoms with van der Waals surface area (Å²) < 4.78 is 0. The molecule has 3 heterocycles. The van der Waals surface area contributed by atoms with Gasteiger partial charge in [-0.15, -0.1) is 0 Å². The number of hydrogen-bond donors (Lipinski definition) is 4. The minimum absolute atomic E-state index is 0.249. The molecule has 1 amide bonds. The van der Waals surface area contributed by atoms with Crippen LogP contribution in [0.1, 0.15) is 15.9 Å². The molecular weight excluding hydrogens is 320 g/mol. The molecule has 9 heteroatoms. The number of nitrogen functional groups attached to an aromatic ring is 1. The van der Waals surface area contributed by atoms with Crippen molar-refractivity contribution in [1.29, 1.82) is 0 Å². The number of nitrogens with zero attached hydrogens (tertiary/aromatic N) is 4. The Morgan fingerprint density at radius 3 is 2.60 bits per heavy atom. The third-order valence-electron chi connectivity index (χ3n) is 3.35. The molecule has 0 saturated heterocycles. The Morgan fingerprint density at radius 2 is 1.84 bits per heavy atom. The van der Waals surface area contributed by atoms with E-state index in [0.717, 1.165) is 5.56 Å². The zero-order valence-electron chi connectivity index (χ0n) is 13.4. The lowest BCUT2D eigenvalue weighted by molar-refractivity contribution is 0.0962. The van der Waals surface area contributed by atoms with Crippen LogP contribution in [0.5, 0.6) is 0 Å². The number of aryl methyl sites for hydroxylation is 1. The first-order valence-electron chi connectivity index (χ1n) is 7.40. The summed E-state index contributed by atoms with van der Waals surface area (Å²) in [5.41, 5.74) is 12.9. The minimum atomic E-state index is -0.360. The van der Waals surface area contributed by atoms with Crippen molar-refractivity contribution in [3.63, 3.8) is 0 Å². The van der Waals surface area contributed by atoms with Crippen molar-refractivity contribution < 1.29 is 4.79 Å². The number of nitrogens with two attached hydrogens (primary N) is 1. The van der Waals surface area contributed by atoms with E-state index in [0.29, 0.717) is 17.2 Å². The normalized spacial score (nSPS) is 10.1. The Balaban J connectivity index is 1.73. The van der Waals surface area contributed by atoms with E-state index in [2.05, 4.69) is 36.1 Å². The summed E-state index contributed by atoms with van der Waals surface area (Å²) in [6.45, 7) is 1.92. The molecule has 0 bridgehead atoms. The van der Waals surface area contributed by atoms with Crippen LogP contribution in [0, 0.1) is 6.92 Å². The number of hydrazine groups is 1. The summed E-state index contributed by atoms with van der Waals surface area (Å²) >= 11 is 0. The van der Waals surface area contributed by atoms with Crippen LogP contribution < -0.4 is 21.9 Å². The van der Waals surface area contributed by atoms with Crippen LogP contribution in [0.3, 0.4) is 0 Å². The monoisotopic (exact) mass is 336 g/mol. The Morgan fingerprint density at radius 1 is 1.04 bits per heavy atom. The number of rotatable bonds is 5. The predicted octanol–water partition coefficient (Wildman–Crippen LogP) is 1.66. The maximum absolute atomic E-state index is 12.0. The molecule has 0 spiro atoms. The molecule has 3 aromatic heterocycles. The molecule has 0 aromatic carbocycles. The second-order valence-corrected chi connectivity index (χ2v) is 5.10. The maximum atomic E-state index is 12.0. The van der Waals surface area contributed by atoms with Crippen molar-refractivity contribution in [2.24, 2.45) is 0 Å². The molecule has 0 aliphatic heterocycles. The smallest absolute Gasteiger partial charge is 0.271 e. The number of aromatic nitrogens is 4. The number of amides is 1. The van der Waals surface area contributed by atoms with Gasteiger partial charge in [0.1, 0.15) is 17.8 Å². The lowest BCUT2D eigenvalue weighted by Crippen LogP contribution is -2.30. The van der Waals surface area contributed by atoms with Crippen molar-refractivity contribution in [2.75, 3.05) is 16.5 Å². The molecule has 9 nitrogen and oxygen atoms in total. The van der Waals surface area contributed by atoms with Crippen LogP contribution in [-0.4, -0.2) is 25.8 Å². The van der Waals surface area contributed by atoms with Gasteiger partial charge in [0.05, 0.1) is 5.56 Å². The van der Waals surface area contributed by atoms with Crippen molar-refractivity contribution >= 4 is 29.0 Å². The van der Waals surface area contributed by atoms with Crippen LogP contribution in [0.4, 0.5) is 23.1 Å². The van der Waals surface area contributed by atoms with Crippen LogP contribution in [0.2, 0.25) is 0 Å². The van der Waals surface area contributed by atoms with Gasteiger partial charge in [-0.1, -0.05) is 6.07 Å². The standard InChI is InChI=1S/C16H16N8O/c1-10-4-2-7-19-13(10)22-14-12(17)15(21-9-20-14)23-24-16(25)11-5-3-6-18-8-11/h2-9H,17H2,1H3,(H,24,25)(H2,19,20,21,22,23).